The van der Waals surface area contributed by atoms with E-state index in [1.165, 1.54) is 6.07 Å². The zero-order chi connectivity index (χ0) is 15.1. The fraction of sp³-hybridized carbons (Fsp3) is 0.353. The van der Waals surface area contributed by atoms with E-state index in [1.54, 1.807) is 6.20 Å². The lowest BCUT2D eigenvalue weighted by molar-refractivity contribution is 0.274. The van der Waals surface area contributed by atoms with E-state index in [4.69, 9.17) is 9.84 Å². The van der Waals surface area contributed by atoms with Crippen LogP contribution >= 0.6 is 12.4 Å². The third kappa shape index (κ3) is 4.61. The van der Waals surface area contributed by atoms with Crippen molar-refractivity contribution in [3.63, 3.8) is 0 Å². The number of ether oxygens (including phenoxy) is 1. The van der Waals surface area contributed by atoms with Crippen LogP contribution in [0.15, 0.2) is 47.4 Å². The molecule has 0 atom stereocenters. The molecule has 0 amide bonds. The molecule has 0 saturated heterocycles. The number of hydrogen-bond donors (Lipinski definition) is 1. The van der Waals surface area contributed by atoms with Crippen molar-refractivity contribution >= 4 is 12.4 Å². The van der Waals surface area contributed by atoms with Gasteiger partial charge in [0.05, 0.1) is 5.69 Å². The molecule has 0 unspecified atom stereocenters. The quantitative estimate of drug-likeness (QED) is 0.852. The average Bonchev–Trinajstić information content (AvgIpc) is 2.53. The van der Waals surface area contributed by atoms with E-state index in [9.17, 15) is 4.79 Å². The van der Waals surface area contributed by atoms with Gasteiger partial charge in [-0.2, -0.15) is 0 Å². The number of aryl methyl sites for hydroxylation is 1. The highest BCUT2D eigenvalue weighted by Gasteiger charge is 2.11. The summed E-state index contributed by atoms with van der Waals surface area (Å²) >= 11 is 0. The number of aliphatic hydroxyl groups excluding tert-OH is 1. The summed E-state index contributed by atoms with van der Waals surface area (Å²) in [5.74, 6) is 0.418. The Morgan fingerprint density at radius 3 is 2.55 bits per heavy atom. The first kappa shape index (κ1) is 18.3. The predicted octanol–water partition coefficient (Wildman–Crippen LogP) is 2.79. The average molecular weight is 324 g/mol. The van der Waals surface area contributed by atoms with E-state index in [0.717, 1.165) is 11.3 Å². The van der Waals surface area contributed by atoms with E-state index < -0.39 is 0 Å². The van der Waals surface area contributed by atoms with E-state index in [-0.39, 0.29) is 24.4 Å². The van der Waals surface area contributed by atoms with Crippen molar-refractivity contribution in [1.82, 2.24) is 4.57 Å². The Balaban J connectivity index is 0.00000242. The second-order valence-corrected chi connectivity index (χ2v) is 4.85. The molecule has 0 fully saturated rings. The lowest BCUT2D eigenvalue weighted by Gasteiger charge is -2.16. The molecule has 0 aliphatic rings. The van der Waals surface area contributed by atoms with E-state index >= 15 is 0 Å². The Labute approximate surface area is 136 Å². The molecular formula is C17H22ClNO3. The summed E-state index contributed by atoms with van der Waals surface area (Å²) in [5.41, 5.74) is 1.82. The molecule has 0 saturated carbocycles. The van der Waals surface area contributed by atoms with Crippen LogP contribution in [0.5, 0.6) is 5.75 Å². The molecule has 5 heteroatoms. The maximum absolute atomic E-state index is 12.1. The maximum Gasteiger partial charge on any atom is 0.223 e. The summed E-state index contributed by atoms with van der Waals surface area (Å²) in [7, 11) is 0. The van der Waals surface area contributed by atoms with E-state index in [0.29, 0.717) is 31.7 Å². The first-order valence-electron chi connectivity index (χ1n) is 7.26. The second-order valence-electron chi connectivity index (χ2n) is 4.85. The first-order chi connectivity index (χ1) is 10.3. The Hall–Kier alpha value is -1.78. The summed E-state index contributed by atoms with van der Waals surface area (Å²) < 4.78 is 7.75. The largest absolute Gasteiger partial charge is 0.483 e. The summed E-state index contributed by atoms with van der Waals surface area (Å²) in [4.78, 5) is 12.1. The minimum atomic E-state index is -0.0944. The van der Waals surface area contributed by atoms with Gasteiger partial charge in [-0.25, -0.2) is 0 Å². The molecule has 0 aliphatic heterocycles. The van der Waals surface area contributed by atoms with Crippen molar-refractivity contribution in [3.8, 4) is 5.75 Å². The molecule has 2 rings (SSSR count). The van der Waals surface area contributed by atoms with Crippen LogP contribution in [0.3, 0.4) is 0 Å². The topological polar surface area (TPSA) is 51.5 Å². The van der Waals surface area contributed by atoms with Gasteiger partial charge in [0.1, 0.15) is 6.61 Å². The van der Waals surface area contributed by atoms with Gasteiger partial charge in [0.15, 0.2) is 5.75 Å². The normalized spacial score (nSPS) is 10.1. The van der Waals surface area contributed by atoms with Crippen LogP contribution in [-0.4, -0.2) is 16.3 Å². The monoisotopic (exact) mass is 323 g/mol. The molecule has 0 spiro atoms. The van der Waals surface area contributed by atoms with Gasteiger partial charge in [-0.05, 0) is 18.4 Å². The fourth-order valence-electron chi connectivity index (χ4n) is 2.29. The summed E-state index contributed by atoms with van der Waals surface area (Å²) in [6.07, 6.45) is 3.14. The number of aliphatic hydroxyl groups is 1. The van der Waals surface area contributed by atoms with Gasteiger partial charge < -0.3 is 14.4 Å². The van der Waals surface area contributed by atoms with Crippen molar-refractivity contribution in [2.45, 2.75) is 32.9 Å². The lowest BCUT2D eigenvalue weighted by atomic mass is 10.2. The van der Waals surface area contributed by atoms with Crippen molar-refractivity contribution in [1.29, 1.82) is 0 Å². The molecule has 1 heterocycles. The van der Waals surface area contributed by atoms with Gasteiger partial charge in [-0.3, -0.25) is 4.79 Å². The van der Waals surface area contributed by atoms with Gasteiger partial charge in [-0.15, -0.1) is 12.4 Å². The Morgan fingerprint density at radius 1 is 1.18 bits per heavy atom. The first-order valence-corrected chi connectivity index (χ1v) is 7.26. The molecule has 0 aliphatic carbocycles. The Bertz CT molecular complexity index is 626. The van der Waals surface area contributed by atoms with Crippen molar-refractivity contribution in [3.05, 3.63) is 64.1 Å². The molecule has 1 N–H and O–H groups in total. The number of nitrogens with zero attached hydrogens (tertiary/aromatic N) is 1. The standard InChI is InChI=1S/C17H21NO3.ClH/c1-2-15-17(21-13-14-7-4-3-5-8-14)16(20)9-11-18(15)10-6-12-19;/h3-5,7-9,11,19H,2,6,10,12-13H2,1H3;1H. The van der Waals surface area contributed by atoms with Crippen LogP contribution in [0.4, 0.5) is 0 Å². The van der Waals surface area contributed by atoms with Gasteiger partial charge in [0, 0.05) is 25.4 Å². The van der Waals surface area contributed by atoms with Crippen LogP contribution in [0, 0.1) is 0 Å². The highest BCUT2D eigenvalue weighted by Crippen LogP contribution is 2.16. The van der Waals surface area contributed by atoms with E-state index in [2.05, 4.69) is 0 Å². The van der Waals surface area contributed by atoms with Crippen LogP contribution in [0.1, 0.15) is 24.6 Å². The molecular weight excluding hydrogens is 302 g/mol. The number of pyridine rings is 1. The van der Waals surface area contributed by atoms with Crippen LogP contribution in [0.2, 0.25) is 0 Å². The number of hydrogen-bond acceptors (Lipinski definition) is 3. The SMILES string of the molecule is CCc1c(OCc2ccccc2)c(=O)ccn1CCCO.Cl. The zero-order valence-electron chi connectivity index (χ0n) is 12.7. The maximum atomic E-state index is 12.1. The zero-order valence-corrected chi connectivity index (χ0v) is 13.5. The lowest BCUT2D eigenvalue weighted by Crippen LogP contribution is -2.17. The Morgan fingerprint density at radius 2 is 1.91 bits per heavy atom. The highest BCUT2D eigenvalue weighted by molar-refractivity contribution is 5.85. The van der Waals surface area contributed by atoms with Crippen molar-refractivity contribution < 1.29 is 9.84 Å². The molecule has 1 aromatic carbocycles. The van der Waals surface area contributed by atoms with Gasteiger partial charge in [-0.1, -0.05) is 37.3 Å². The minimum Gasteiger partial charge on any atom is -0.483 e. The van der Waals surface area contributed by atoms with Crippen LogP contribution < -0.4 is 10.2 Å². The summed E-state index contributed by atoms with van der Waals surface area (Å²) in [5, 5.41) is 8.96. The van der Waals surface area contributed by atoms with E-state index in [1.807, 2.05) is 41.8 Å². The molecule has 0 radical (unpaired) electrons. The third-order valence-corrected chi connectivity index (χ3v) is 3.36. The predicted molar refractivity (Wildman–Crippen MR) is 89.8 cm³/mol. The van der Waals surface area contributed by atoms with Crippen molar-refractivity contribution in [2.75, 3.05) is 6.61 Å². The van der Waals surface area contributed by atoms with Gasteiger partial charge in [0.2, 0.25) is 5.43 Å². The Kier molecular flexibility index (Phi) is 7.71. The fourth-order valence-corrected chi connectivity index (χ4v) is 2.29. The second kappa shape index (κ2) is 9.28. The van der Waals surface area contributed by atoms with Crippen LogP contribution in [-0.2, 0) is 19.6 Å². The molecule has 2 aromatic rings. The highest BCUT2D eigenvalue weighted by atomic mass is 35.5. The number of rotatable bonds is 7. The molecule has 120 valence electrons. The molecule has 22 heavy (non-hydrogen) atoms. The third-order valence-electron chi connectivity index (χ3n) is 3.36. The summed E-state index contributed by atoms with van der Waals surface area (Å²) in [6.45, 7) is 3.20. The number of benzene rings is 1. The number of aromatic nitrogens is 1. The van der Waals surface area contributed by atoms with Gasteiger partial charge >= 0.3 is 0 Å². The smallest absolute Gasteiger partial charge is 0.223 e. The molecule has 1 aromatic heterocycles. The summed E-state index contributed by atoms with van der Waals surface area (Å²) in [6, 6.07) is 11.3. The van der Waals surface area contributed by atoms with Crippen LogP contribution in [0.25, 0.3) is 0 Å². The molecule has 4 nitrogen and oxygen atoms in total. The van der Waals surface area contributed by atoms with Gasteiger partial charge in [0.25, 0.3) is 0 Å². The number of halogens is 1. The molecule has 0 bridgehead atoms. The minimum absolute atomic E-state index is 0. The van der Waals surface area contributed by atoms with Crippen molar-refractivity contribution in [2.24, 2.45) is 0 Å².